The standard InChI is InChI=1S/C17H24N4O2S2/c1-12(15(22)18-10-13-6-3-2-4-7-13)24-17-21-20-16(25-17)19-11-14-8-5-9-23-14/h5,8-9,12-13H,2-4,6-7,10-11H2,1H3,(H,18,22)(H,19,20)/t12-/m0/s1. The van der Waals surface area contributed by atoms with Crippen LogP contribution in [-0.2, 0) is 11.3 Å². The van der Waals surface area contributed by atoms with Crippen LogP contribution >= 0.6 is 23.1 Å². The van der Waals surface area contributed by atoms with Crippen molar-refractivity contribution in [3.8, 4) is 0 Å². The third kappa shape index (κ3) is 5.74. The Bertz CT molecular complexity index is 653. The molecule has 8 heteroatoms. The molecule has 2 N–H and O–H groups in total. The van der Waals surface area contributed by atoms with Crippen molar-refractivity contribution in [2.45, 2.75) is 55.2 Å². The fourth-order valence-electron chi connectivity index (χ4n) is 2.89. The Kier molecular flexibility index (Phi) is 6.75. The van der Waals surface area contributed by atoms with Gasteiger partial charge in [-0.05, 0) is 37.8 Å². The van der Waals surface area contributed by atoms with E-state index in [4.69, 9.17) is 4.42 Å². The van der Waals surface area contributed by atoms with Crippen LogP contribution in [0.1, 0.15) is 44.8 Å². The third-order valence-corrected chi connectivity index (χ3v) is 6.40. The van der Waals surface area contributed by atoms with E-state index < -0.39 is 0 Å². The summed E-state index contributed by atoms with van der Waals surface area (Å²) in [5.41, 5.74) is 0. The fraction of sp³-hybridized carbons (Fsp3) is 0.588. The second kappa shape index (κ2) is 9.24. The summed E-state index contributed by atoms with van der Waals surface area (Å²) in [6.45, 7) is 3.29. The van der Waals surface area contributed by atoms with Crippen LogP contribution in [0.5, 0.6) is 0 Å². The van der Waals surface area contributed by atoms with E-state index in [-0.39, 0.29) is 11.2 Å². The van der Waals surface area contributed by atoms with Crippen molar-refractivity contribution >= 4 is 34.1 Å². The molecule has 25 heavy (non-hydrogen) atoms. The molecule has 0 spiro atoms. The summed E-state index contributed by atoms with van der Waals surface area (Å²) in [6, 6.07) is 3.76. The zero-order valence-corrected chi connectivity index (χ0v) is 16.0. The topological polar surface area (TPSA) is 80.1 Å². The molecule has 1 atom stereocenters. The molecule has 0 radical (unpaired) electrons. The summed E-state index contributed by atoms with van der Waals surface area (Å²) >= 11 is 2.91. The van der Waals surface area contributed by atoms with Crippen molar-refractivity contribution < 1.29 is 9.21 Å². The molecule has 2 aromatic heterocycles. The van der Waals surface area contributed by atoms with Crippen molar-refractivity contribution in [1.29, 1.82) is 0 Å². The van der Waals surface area contributed by atoms with Gasteiger partial charge >= 0.3 is 0 Å². The minimum Gasteiger partial charge on any atom is -0.467 e. The first kappa shape index (κ1) is 18.3. The number of hydrogen-bond donors (Lipinski definition) is 2. The van der Waals surface area contributed by atoms with Gasteiger partial charge in [0.2, 0.25) is 11.0 Å². The molecular weight excluding hydrogens is 356 g/mol. The van der Waals surface area contributed by atoms with E-state index >= 15 is 0 Å². The molecule has 1 amide bonds. The Balaban J connectivity index is 1.40. The highest BCUT2D eigenvalue weighted by atomic mass is 32.2. The summed E-state index contributed by atoms with van der Waals surface area (Å²) in [7, 11) is 0. The minimum absolute atomic E-state index is 0.0795. The highest BCUT2D eigenvalue weighted by molar-refractivity contribution is 8.02. The molecule has 2 aromatic rings. The maximum Gasteiger partial charge on any atom is 0.233 e. The van der Waals surface area contributed by atoms with Gasteiger partial charge in [0.25, 0.3) is 0 Å². The van der Waals surface area contributed by atoms with Gasteiger partial charge in [-0.2, -0.15) is 0 Å². The SMILES string of the molecule is C[C@H](Sc1nnc(NCc2ccco2)s1)C(=O)NCC1CCCCC1. The first-order chi connectivity index (χ1) is 12.2. The molecule has 3 rings (SSSR count). The van der Waals surface area contributed by atoms with Gasteiger partial charge in [-0.15, -0.1) is 10.2 Å². The van der Waals surface area contributed by atoms with Crippen molar-refractivity contribution in [2.24, 2.45) is 5.92 Å². The van der Waals surface area contributed by atoms with Gasteiger partial charge in [-0.1, -0.05) is 42.4 Å². The number of nitrogens with one attached hydrogen (secondary N) is 2. The van der Waals surface area contributed by atoms with Crippen molar-refractivity contribution in [2.75, 3.05) is 11.9 Å². The van der Waals surface area contributed by atoms with Gasteiger partial charge < -0.3 is 15.1 Å². The van der Waals surface area contributed by atoms with Gasteiger partial charge in [0, 0.05) is 6.54 Å². The highest BCUT2D eigenvalue weighted by Gasteiger charge is 2.19. The third-order valence-electron chi connectivity index (χ3n) is 4.34. The second-order valence-electron chi connectivity index (χ2n) is 6.32. The van der Waals surface area contributed by atoms with Gasteiger partial charge in [0.1, 0.15) is 5.76 Å². The van der Waals surface area contributed by atoms with Crippen LogP contribution in [0, 0.1) is 5.92 Å². The first-order valence-electron chi connectivity index (χ1n) is 8.75. The summed E-state index contributed by atoms with van der Waals surface area (Å²) in [6.07, 6.45) is 8.05. The van der Waals surface area contributed by atoms with Crippen LogP contribution in [0.15, 0.2) is 27.2 Å². The highest BCUT2D eigenvalue weighted by Crippen LogP contribution is 2.29. The van der Waals surface area contributed by atoms with E-state index in [0.29, 0.717) is 12.5 Å². The molecule has 2 heterocycles. The minimum atomic E-state index is -0.172. The zero-order valence-electron chi connectivity index (χ0n) is 14.4. The lowest BCUT2D eigenvalue weighted by Gasteiger charge is -2.22. The fourth-order valence-corrected chi connectivity index (χ4v) is 4.81. The van der Waals surface area contributed by atoms with E-state index in [1.807, 2.05) is 19.1 Å². The van der Waals surface area contributed by atoms with Gasteiger partial charge in [0.15, 0.2) is 4.34 Å². The maximum atomic E-state index is 12.3. The lowest BCUT2D eigenvalue weighted by molar-refractivity contribution is -0.120. The molecule has 0 aromatic carbocycles. The van der Waals surface area contributed by atoms with E-state index in [9.17, 15) is 4.79 Å². The Morgan fingerprint density at radius 3 is 3.00 bits per heavy atom. The van der Waals surface area contributed by atoms with Crippen LogP contribution in [0.4, 0.5) is 5.13 Å². The quantitative estimate of drug-likeness (QED) is 0.676. The number of rotatable bonds is 8. The van der Waals surface area contributed by atoms with Crippen LogP contribution < -0.4 is 10.6 Å². The number of amides is 1. The molecule has 0 aliphatic heterocycles. The van der Waals surface area contributed by atoms with Crippen molar-refractivity contribution in [1.82, 2.24) is 15.5 Å². The Morgan fingerprint density at radius 1 is 1.40 bits per heavy atom. The van der Waals surface area contributed by atoms with Crippen molar-refractivity contribution in [3.63, 3.8) is 0 Å². The van der Waals surface area contributed by atoms with Crippen molar-refractivity contribution in [3.05, 3.63) is 24.2 Å². The predicted molar refractivity (Wildman–Crippen MR) is 101 cm³/mol. The van der Waals surface area contributed by atoms with Gasteiger partial charge in [-0.25, -0.2) is 0 Å². The molecule has 1 aliphatic rings. The molecule has 1 aliphatic carbocycles. The normalized spacial score (nSPS) is 16.5. The van der Waals surface area contributed by atoms with Gasteiger partial charge in [0.05, 0.1) is 18.1 Å². The number of nitrogens with zero attached hydrogens (tertiary/aromatic N) is 2. The van der Waals surface area contributed by atoms with Gasteiger partial charge in [-0.3, -0.25) is 4.79 Å². The molecular formula is C17H24N4O2S2. The first-order valence-corrected chi connectivity index (χ1v) is 10.4. The predicted octanol–water partition coefficient (Wildman–Crippen LogP) is 3.92. The molecule has 136 valence electrons. The number of aromatic nitrogens is 2. The van der Waals surface area contributed by atoms with E-state index in [1.54, 1.807) is 6.26 Å². The number of furan rings is 1. The van der Waals surface area contributed by atoms with Crippen LogP contribution in [0.25, 0.3) is 0 Å². The summed E-state index contributed by atoms with van der Waals surface area (Å²) in [4.78, 5) is 12.3. The summed E-state index contributed by atoms with van der Waals surface area (Å²) < 4.78 is 6.06. The Labute approximate surface area is 156 Å². The molecule has 0 bridgehead atoms. The monoisotopic (exact) mass is 380 g/mol. The van der Waals surface area contributed by atoms with E-state index in [0.717, 1.165) is 21.8 Å². The number of hydrogen-bond acceptors (Lipinski definition) is 7. The zero-order chi connectivity index (χ0) is 17.5. The Morgan fingerprint density at radius 2 is 2.24 bits per heavy atom. The lowest BCUT2D eigenvalue weighted by Crippen LogP contribution is -2.35. The number of carbonyl (C=O) groups excluding carboxylic acids is 1. The Hall–Kier alpha value is -1.54. The lowest BCUT2D eigenvalue weighted by atomic mass is 9.89. The van der Waals surface area contributed by atoms with E-state index in [1.165, 1.54) is 55.2 Å². The number of carbonyl (C=O) groups is 1. The van der Waals surface area contributed by atoms with E-state index in [2.05, 4.69) is 20.8 Å². The maximum absolute atomic E-state index is 12.3. The van der Waals surface area contributed by atoms with Crippen LogP contribution in [0.3, 0.4) is 0 Å². The average Bonchev–Trinajstić information content (AvgIpc) is 3.30. The summed E-state index contributed by atoms with van der Waals surface area (Å²) in [5, 5.41) is 15.1. The smallest absolute Gasteiger partial charge is 0.233 e. The van der Waals surface area contributed by atoms with Crippen LogP contribution in [0.2, 0.25) is 0 Å². The molecule has 0 saturated heterocycles. The number of anilines is 1. The molecule has 6 nitrogen and oxygen atoms in total. The van der Waals surface area contributed by atoms with Crippen LogP contribution in [-0.4, -0.2) is 27.9 Å². The second-order valence-corrected chi connectivity index (χ2v) is 8.88. The average molecular weight is 381 g/mol. The molecule has 1 fully saturated rings. The summed E-state index contributed by atoms with van der Waals surface area (Å²) in [5.74, 6) is 1.57. The molecule has 1 saturated carbocycles. The number of thioether (sulfide) groups is 1. The largest absolute Gasteiger partial charge is 0.467 e. The molecule has 0 unspecified atom stereocenters.